The molecule has 0 bridgehead atoms. The smallest absolute Gasteiger partial charge is 0.262 e. The minimum absolute atomic E-state index is 0.0163. The Hall–Kier alpha value is -1.94. The summed E-state index contributed by atoms with van der Waals surface area (Å²) in [6, 6.07) is 10.0. The van der Waals surface area contributed by atoms with Crippen molar-refractivity contribution in [3.8, 4) is 0 Å². The number of hydrogen-bond donors (Lipinski definition) is 2. The molecule has 1 amide bonds. The van der Waals surface area contributed by atoms with Crippen LogP contribution in [0.15, 0.2) is 52.3 Å². The summed E-state index contributed by atoms with van der Waals surface area (Å²) in [6.45, 7) is 0. The molecule has 138 valence electrons. The number of halogens is 1. The van der Waals surface area contributed by atoms with Crippen molar-refractivity contribution < 1.29 is 22.4 Å². The standard InChI is InChI=1S/C17H17FN2O4S2/c1-24-20-26(22,23)12-7-5-11(6-8-12)17(21)19-15-9-10-25-16-13(15)3-2-4-14(16)18/h2-8,15,20H,9-10H2,1H3,(H,19,21)/t15-/m1/s1. The van der Waals surface area contributed by atoms with Crippen LogP contribution in [0.2, 0.25) is 0 Å². The molecule has 2 aromatic carbocycles. The highest BCUT2D eigenvalue weighted by molar-refractivity contribution is 7.99. The number of amides is 1. The van der Waals surface area contributed by atoms with Gasteiger partial charge in [-0.1, -0.05) is 17.0 Å². The number of fused-ring (bicyclic) bond motifs is 1. The second kappa shape index (κ2) is 7.75. The van der Waals surface area contributed by atoms with Crippen molar-refractivity contribution in [3.63, 3.8) is 0 Å². The molecular weight excluding hydrogens is 379 g/mol. The van der Waals surface area contributed by atoms with E-state index in [1.165, 1.54) is 49.2 Å². The Morgan fingerprint density at radius 1 is 1.23 bits per heavy atom. The molecule has 0 aromatic heterocycles. The Morgan fingerprint density at radius 3 is 2.65 bits per heavy atom. The first-order valence-corrected chi connectivity index (χ1v) is 10.3. The summed E-state index contributed by atoms with van der Waals surface area (Å²) in [5.41, 5.74) is 1.08. The highest BCUT2D eigenvalue weighted by atomic mass is 32.2. The summed E-state index contributed by atoms with van der Waals surface area (Å²) in [7, 11) is -2.58. The zero-order valence-electron chi connectivity index (χ0n) is 13.9. The van der Waals surface area contributed by atoms with Gasteiger partial charge in [-0.15, -0.1) is 11.8 Å². The van der Waals surface area contributed by atoms with Gasteiger partial charge in [0.25, 0.3) is 15.9 Å². The van der Waals surface area contributed by atoms with Crippen molar-refractivity contribution in [2.24, 2.45) is 0 Å². The Kier molecular flexibility index (Phi) is 5.61. The fraction of sp³-hybridized carbons (Fsp3) is 0.235. The van der Waals surface area contributed by atoms with Gasteiger partial charge in [-0.25, -0.2) is 12.8 Å². The third-order valence-corrected chi connectivity index (χ3v) is 6.39. The van der Waals surface area contributed by atoms with Crippen LogP contribution in [0, 0.1) is 5.82 Å². The van der Waals surface area contributed by atoms with Gasteiger partial charge < -0.3 is 5.32 Å². The van der Waals surface area contributed by atoms with Gasteiger partial charge in [0.15, 0.2) is 0 Å². The van der Waals surface area contributed by atoms with Crippen LogP contribution in [0.4, 0.5) is 4.39 Å². The molecule has 0 saturated carbocycles. The molecule has 0 unspecified atom stereocenters. The van der Waals surface area contributed by atoms with E-state index >= 15 is 0 Å². The van der Waals surface area contributed by atoms with Crippen LogP contribution in [-0.4, -0.2) is 27.2 Å². The van der Waals surface area contributed by atoms with Gasteiger partial charge in [0.2, 0.25) is 0 Å². The molecule has 26 heavy (non-hydrogen) atoms. The van der Waals surface area contributed by atoms with Crippen LogP contribution < -0.4 is 10.2 Å². The Balaban J connectivity index is 1.77. The zero-order valence-corrected chi connectivity index (χ0v) is 15.5. The number of benzene rings is 2. The number of carbonyl (C=O) groups excluding carboxylic acids is 1. The Bertz CT molecular complexity index is 917. The van der Waals surface area contributed by atoms with E-state index in [0.29, 0.717) is 22.6 Å². The van der Waals surface area contributed by atoms with Crippen LogP contribution in [0.5, 0.6) is 0 Å². The molecule has 3 rings (SSSR count). The number of sulfonamides is 1. The summed E-state index contributed by atoms with van der Waals surface area (Å²) in [6.07, 6.45) is 0.692. The number of carbonyl (C=O) groups is 1. The van der Waals surface area contributed by atoms with Crippen LogP contribution in [0.25, 0.3) is 0 Å². The average Bonchev–Trinajstić information content (AvgIpc) is 2.63. The van der Waals surface area contributed by atoms with Crippen molar-refractivity contribution in [1.82, 2.24) is 10.2 Å². The van der Waals surface area contributed by atoms with Crippen LogP contribution in [-0.2, 0) is 14.9 Å². The first kappa shape index (κ1) is 18.8. The highest BCUT2D eigenvalue weighted by Crippen LogP contribution is 2.37. The van der Waals surface area contributed by atoms with Gasteiger partial charge in [-0.3, -0.25) is 9.63 Å². The fourth-order valence-electron chi connectivity index (χ4n) is 2.72. The number of rotatable bonds is 5. The number of nitrogens with one attached hydrogen (secondary N) is 2. The maximum absolute atomic E-state index is 13.9. The molecule has 0 spiro atoms. The normalized spacial score (nSPS) is 16.8. The lowest BCUT2D eigenvalue weighted by atomic mass is 10.0. The second-order valence-electron chi connectivity index (χ2n) is 5.64. The maximum Gasteiger partial charge on any atom is 0.262 e. The molecule has 9 heteroatoms. The van der Waals surface area contributed by atoms with Crippen LogP contribution >= 0.6 is 11.8 Å². The largest absolute Gasteiger partial charge is 0.345 e. The fourth-order valence-corrected chi connectivity index (χ4v) is 4.67. The molecule has 1 atom stereocenters. The molecule has 0 saturated heterocycles. The molecule has 0 fully saturated rings. The van der Waals surface area contributed by atoms with Crippen molar-refractivity contribution in [3.05, 3.63) is 59.4 Å². The van der Waals surface area contributed by atoms with Gasteiger partial charge in [0.05, 0.1) is 18.0 Å². The third-order valence-electron chi connectivity index (χ3n) is 3.95. The topological polar surface area (TPSA) is 84.5 Å². The van der Waals surface area contributed by atoms with Gasteiger partial charge in [0.1, 0.15) is 5.82 Å². The van der Waals surface area contributed by atoms with Gasteiger partial charge in [0, 0.05) is 16.2 Å². The van der Waals surface area contributed by atoms with E-state index in [4.69, 9.17) is 0 Å². The Morgan fingerprint density at radius 2 is 1.96 bits per heavy atom. The predicted molar refractivity (Wildman–Crippen MR) is 95.7 cm³/mol. The molecule has 2 aromatic rings. The zero-order chi connectivity index (χ0) is 18.7. The Labute approximate surface area is 155 Å². The third kappa shape index (κ3) is 3.90. The minimum atomic E-state index is -3.77. The van der Waals surface area contributed by atoms with E-state index in [9.17, 15) is 17.6 Å². The number of thioether (sulfide) groups is 1. The van der Waals surface area contributed by atoms with Gasteiger partial charge in [-0.2, -0.15) is 0 Å². The van der Waals surface area contributed by atoms with Crippen molar-refractivity contribution in [2.45, 2.75) is 22.3 Å². The first-order chi connectivity index (χ1) is 12.4. The SMILES string of the molecule is CONS(=O)(=O)c1ccc(C(=O)N[C@@H]2CCSc3c(F)cccc32)cc1. The minimum Gasteiger partial charge on any atom is -0.345 e. The van der Waals surface area contributed by atoms with E-state index in [-0.39, 0.29) is 22.7 Å². The van der Waals surface area contributed by atoms with E-state index in [0.717, 1.165) is 5.56 Å². The van der Waals surface area contributed by atoms with Crippen molar-refractivity contribution in [2.75, 3.05) is 12.9 Å². The quantitative estimate of drug-likeness (QED) is 0.759. The molecule has 0 radical (unpaired) electrons. The first-order valence-electron chi connectivity index (χ1n) is 7.79. The van der Waals surface area contributed by atoms with E-state index < -0.39 is 10.0 Å². The maximum atomic E-state index is 13.9. The monoisotopic (exact) mass is 396 g/mol. The molecule has 0 aliphatic carbocycles. The molecule has 2 N–H and O–H groups in total. The van der Waals surface area contributed by atoms with E-state index in [1.807, 2.05) is 11.0 Å². The molecule has 1 aliphatic heterocycles. The van der Waals surface area contributed by atoms with Crippen LogP contribution in [0.3, 0.4) is 0 Å². The van der Waals surface area contributed by atoms with Gasteiger partial charge in [-0.05, 0) is 42.3 Å². The summed E-state index contributed by atoms with van der Waals surface area (Å²) >= 11 is 1.44. The lowest BCUT2D eigenvalue weighted by molar-refractivity contribution is 0.0934. The van der Waals surface area contributed by atoms with Crippen molar-refractivity contribution >= 4 is 27.7 Å². The average molecular weight is 396 g/mol. The van der Waals surface area contributed by atoms with Crippen LogP contribution in [0.1, 0.15) is 28.4 Å². The molecule has 6 nitrogen and oxygen atoms in total. The molecule has 1 aliphatic rings. The summed E-state index contributed by atoms with van der Waals surface area (Å²) in [5, 5.41) is 2.89. The lowest BCUT2D eigenvalue weighted by Crippen LogP contribution is -2.31. The number of hydrogen-bond acceptors (Lipinski definition) is 5. The van der Waals surface area contributed by atoms with E-state index in [1.54, 1.807) is 6.07 Å². The van der Waals surface area contributed by atoms with Gasteiger partial charge >= 0.3 is 0 Å². The van der Waals surface area contributed by atoms with E-state index in [2.05, 4.69) is 10.2 Å². The summed E-state index contributed by atoms with van der Waals surface area (Å²) in [4.78, 5) is 19.4. The second-order valence-corrected chi connectivity index (χ2v) is 8.39. The summed E-state index contributed by atoms with van der Waals surface area (Å²) < 4.78 is 37.6. The predicted octanol–water partition coefficient (Wildman–Crippen LogP) is 2.63. The molecular formula is C17H17FN2O4S2. The molecule has 1 heterocycles. The summed E-state index contributed by atoms with van der Waals surface area (Å²) in [5.74, 6) is 0.0751. The van der Waals surface area contributed by atoms with Crippen molar-refractivity contribution in [1.29, 1.82) is 0 Å². The highest BCUT2D eigenvalue weighted by Gasteiger charge is 2.25. The lowest BCUT2D eigenvalue weighted by Gasteiger charge is -2.26.